The van der Waals surface area contributed by atoms with Crippen molar-refractivity contribution in [3.8, 4) is 0 Å². The molecule has 0 fully saturated rings. The first-order chi connectivity index (χ1) is 26.4. The van der Waals surface area contributed by atoms with E-state index in [2.05, 4.69) is 45.5 Å². The Labute approximate surface area is 334 Å². The monoisotopic (exact) mass is 762 g/mol. The standard InChI is InChI=1S/C47H87NO6/c1-6-9-11-13-16-22-28-36-46(49)53-41-32-26-19-15-18-24-31-40-52-45(35-34-38-48(4)5)43-44(8-3)51-39-30-25-20-21-27-33-42-54-47(50)37-29-23-17-14-12-10-7-2/h8,35,43H,3,6-7,9-34,36-42H2,1-2,4-5H3/b44-43+,45-35+. The normalized spacial score (nSPS) is 11.9. The van der Waals surface area contributed by atoms with Crippen LogP contribution in [0.1, 0.15) is 206 Å². The van der Waals surface area contributed by atoms with E-state index in [0.717, 1.165) is 114 Å². The largest absolute Gasteiger partial charge is 0.494 e. The molecule has 0 aromatic rings. The number of carbonyl (C=O) groups excluding carboxylic acids is 2. The molecule has 0 radical (unpaired) electrons. The Balaban J connectivity index is 4.02. The summed E-state index contributed by atoms with van der Waals surface area (Å²) in [6.07, 6.45) is 39.4. The second-order valence-corrected chi connectivity index (χ2v) is 15.4. The third-order valence-corrected chi connectivity index (χ3v) is 9.77. The maximum Gasteiger partial charge on any atom is 0.305 e. The number of hydrogen-bond acceptors (Lipinski definition) is 7. The van der Waals surface area contributed by atoms with Gasteiger partial charge in [0.2, 0.25) is 0 Å². The summed E-state index contributed by atoms with van der Waals surface area (Å²) in [6.45, 7) is 11.9. The van der Waals surface area contributed by atoms with Gasteiger partial charge in [-0.05, 0) is 71.2 Å². The lowest BCUT2D eigenvalue weighted by molar-refractivity contribution is -0.144. The third-order valence-electron chi connectivity index (χ3n) is 9.77. The number of esters is 2. The fraction of sp³-hybridized carbons (Fsp3) is 0.830. The summed E-state index contributed by atoms with van der Waals surface area (Å²) in [5.41, 5.74) is 0. The van der Waals surface area contributed by atoms with Gasteiger partial charge in [-0.15, -0.1) is 0 Å². The molecule has 54 heavy (non-hydrogen) atoms. The maximum atomic E-state index is 11.9. The van der Waals surface area contributed by atoms with Crippen LogP contribution >= 0.6 is 0 Å². The molecule has 0 amide bonds. The summed E-state index contributed by atoms with van der Waals surface area (Å²) in [6, 6.07) is 0. The smallest absolute Gasteiger partial charge is 0.305 e. The van der Waals surface area contributed by atoms with Gasteiger partial charge < -0.3 is 23.8 Å². The molecule has 0 saturated heterocycles. The first-order valence-electron chi connectivity index (χ1n) is 22.7. The number of carbonyl (C=O) groups is 2. The zero-order valence-corrected chi connectivity index (χ0v) is 36.1. The highest BCUT2D eigenvalue weighted by Crippen LogP contribution is 2.15. The fourth-order valence-electron chi connectivity index (χ4n) is 6.27. The minimum atomic E-state index is -0.0307. The summed E-state index contributed by atoms with van der Waals surface area (Å²) < 4.78 is 23.1. The van der Waals surface area contributed by atoms with E-state index in [4.69, 9.17) is 18.9 Å². The zero-order chi connectivity index (χ0) is 39.6. The Morgan fingerprint density at radius 2 is 0.796 bits per heavy atom. The van der Waals surface area contributed by atoms with Crippen molar-refractivity contribution in [2.24, 2.45) is 0 Å². The van der Waals surface area contributed by atoms with E-state index in [1.807, 2.05) is 6.08 Å². The fourth-order valence-corrected chi connectivity index (χ4v) is 6.27. The van der Waals surface area contributed by atoms with E-state index in [0.29, 0.717) is 39.3 Å². The molecule has 7 nitrogen and oxygen atoms in total. The maximum absolute atomic E-state index is 11.9. The van der Waals surface area contributed by atoms with Crippen LogP contribution in [0, 0.1) is 0 Å². The highest BCUT2D eigenvalue weighted by Gasteiger charge is 2.05. The lowest BCUT2D eigenvalue weighted by Gasteiger charge is -2.12. The number of nitrogens with zero attached hydrogens (tertiary/aromatic N) is 1. The van der Waals surface area contributed by atoms with Gasteiger partial charge in [0.1, 0.15) is 11.5 Å². The SMILES string of the molecule is C=C/C(=C\C(=C/CCN(C)C)OCCCCCCCCCOC(=O)CCCCCCCCC)OCCCCCCCCOC(=O)CCCCCCCCC. The van der Waals surface area contributed by atoms with Crippen LogP contribution in [0.15, 0.2) is 36.3 Å². The Morgan fingerprint density at radius 1 is 0.463 bits per heavy atom. The molecule has 0 unspecified atom stereocenters. The molecular weight excluding hydrogens is 675 g/mol. The average Bonchev–Trinajstić information content (AvgIpc) is 3.16. The second kappa shape index (κ2) is 41.9. The highest BCUT2D eigenvalue weighted by atomic mass is 16.5. The topological polar surface area (TPSA) is 74.3 Å². The van der Waals surface area contributed by atoms with Gasteiger partial charge in [0.05, 0.1) is 26.4 Å². The van der Waals surface area contributed by atoms with Crippen LogP contribution in [0.4, 0.5) is 0 Å². The summed E-state index contributed by atoms with van der Waals surface area (Å²) in [7, 11) is 4.17. The van der Waals surface area contributed by atoms with E-state index >= 15 is 0 Å². The van der Waals surface area contributed by atoms with E-state index in [9.17, 15) is 9.59 Å². The quantitative estimate of drug-likeness (QED) is 0.0265. The summed E-state index contributed by atoms with van der Waals surface area (Å²) in [5, 5.41) is 0. The molecule has 0 N–H and O–H groups in total. The van der Waals surface area contributed by atoms with Crippen molar-refractivity contribution < 1.29 is 28.5 Å². The lowest BCUT2D eigenvalue weighted by Crippen LogP contribution is -2.12. The molecule has 316 valence electrons. The van der Waals surface area contributed by atoms with E-state index in [1.54, 1.807) is 6.08 Å². The van der Waals surface area contributed by atoms with Gasteiger partial charge in [0, 0.05) is 25.5 Å². The van der Waals surface area contributed by atoms with Crippen LogP contribution in [0.5, 0.6) is 0 Å². The molecule has 0 heterocycles. The van der Waals surface area contributed by atoms with Crippen molar-refractivity contribution in [1.29, 1.82) is 0 Å². The molecule has 0 aliphatic rings. The summed E-state index contributed by atoms with van der Waals surface area (Å²) in [4.78, 5) is 26.0. The number of allylic oxidation sites excluding steroid dienone is 2. The zero-order valence-electron chi connectivity index (χ0n) is 36.1. The Bertz CT molecular complexity index is 914. The van der Waals surface area contributed by atoms with Crippen LogP contribution in [0.2, 0.25) is 0 Å². The van der Waals surface area contributed by atoms with Gasteiger partial charge in [0.25, 0.3) is 0 Å². The van der Waals surface area contributed by atoms with Crippen LogP contribution in [0.25, 0.3) is 0 Å². The van der Waals surface area contributed by atoms with Crippen molar-refractivity contribution in [1.82, 2.24) is 4.90 Å². The van der Waals surface area contributed by atoms with Gasteiger partial charge in [-0.2, -0.15) is 0 Å². The van der Waals surface area contributed by atoms with Crippen molar-refractivity contribution >= 4 is 11.9 Å². The Morgan fingerprint density at radius 3 is 1.17 bits per heavy atom. The van der Waals surface area contributed by atoms with E-state index in [1.165, 1.54) is 83.5 Å². The number of ether oxygens (including phenoxy) is 4. The summed E-state index contributed by atoms with van der Waals surface area (Å²) in [5.74, 6) is 1.56. The van der Waals surface area contributed by atoms with Crippen LogP contribution in [-0.2, 0) is 28.5 Å². The number of unbranched alkanes of at least 4 members (excludes halogenated alkanes) is 23. The Kier molecular flexibility index (Phi) is 40.1. The molecule has 0 aliphatic carbocycles. The van der Waals surface area contributed by atoms with Crippen molar-refractivity contribution in [3.63, 3.8) is 0 Å². The minimum absolute atomic E-state index is 0.0238. The highest BCUT2D eigenvalue weighted by molar-refractivity contribution is 5.69. The number of rotatable bonds is 42. The molecule has 0 bridgehead atoms. The number of hydrogen-bond donors (Lipinski definition) is 0. The van der Waals surface area contributed by atoms with E-state index < -0.39 is 0 Å². The molecule has 0 saturated carbocycles. The van der Waals surface area contributed by atoms with Crippen molar-refractivity contribution in [2.75, 3.05) is 47.1 Å². The first kappa shape index (κ1) is 51.7. The average molecular weight is 762 g/mol. The van der Waals surface area contributed by atoms with Crippen LogP contribution in [-0.4, -0.2) is 63.9 Å². The molecular formula is C47H87NO6. The molecule has 0 aromatic heterocycles. The van der Waals surface area contributed by atoms with Gasteiger partial charge in [0.15, 0.2) is 0 Å². The van der Waals surface area contributed by atoms with Gasteiger partial charge >= 0.3 is 11.9 Å². The lowest BCUT2D eigenvalue weighted by atomic mass is 10.1. The summed E-state index contributed by atoms with van der Waals surface area (Å²) >= 11 is 0. The van der Waals surface area contributed by atoms with Crippen molar-refractivity contribution in [2.45, 2.75) is 206 Å². The molecule has 0 atom stereocenters. The van der Waals surface area contributed by atoms with Gasteiger partial charge in [-0.1, -0.05) is 155 Å². The van der Waals surface area contributed by atoms with Gasteiger partial charge in [-0.3, -0.25) is 9.59 Å². The molecule has 0 rings (SSSR count). The third kappa shape index (κ3) is 39.4. The van der Waals surface area contributed by atoms with Crippen molar-refractivity contribution in [3.05, 3.63) is 36.3 Å². The molecule has 0 aliphatic heterocycles. The predicted molar refractivity (Wildman–Crippen MR) is 229 cm³/mol. The van der Waals surface area contributed by atoms with Crippen LogP contribution < -0.4 is 0 Å². The molecule has 0 spiro atoms. The Hall–Kier alpha value is -2.28. The van der Waals surface area contributed by atoms with Gasteiger partial charge in [-0.25, -0.2) is 0 Å². The molecule has 7 heteroatoms. The first-order valence-corrected chi connectivity index (χ1v) is 22.7. The minimum Gasteiger partial charge on any atom is -0.494 e. The second-order valence-electron chi connectivity index (χ2n) is 15.4. The van der Waals surface area contributed by atoms with E-state index in [-0.39, 0.29) is 11.9 Å². The van der Waals surface area contributed by atoms with Crippen LogP contribution in [0.3, 0.4) is 0 Å². The molecule has 0 aromatic carbocycles. The predicted octanol–water partition coefficient (Wildman–Crippen LogP) is 13.4.